The molecule has 0 unspecified atom stereocenters. The number of hydrogen-bond donors (Lipinski definition) is 0. The van der Waals surface area contributed by atoms with E-state index in [0.717, 1.165) is 39.7 Å². The number of hydrogen-bond acceptors (Lipinski definition) is 3. The van der Waals surface area contributed by atoms with Crippen molar-refractivity contribution in [2.45, 2.75) is 38.5 Å². The first-order valence-electron chi connectivity index (χ1n) is 10.4. The van der Waals surface area contributed by atoms with Crippen LogP contribution in [0.5, 0.6) is 0 Å². The summed E-state index contributed by atoms with van der Waals surface area (Å²) in [5, 5.41) is 0. The molecule has 0 saturated heterocycles. The van der Waals surface area contributed by atoms with Gasteiger partial charge in [0.05, 0.1) is 34.2 Å². The normalized spacial score (nSPS) is 15.9. The maximum atomic E-state index is 5.06. The molecule has 8 bridgehead atoms. The van der Waals surface area contributed by atoms with Crippen LogP contribution in [0.3, 0.4) is 0 Å². The summed E-state index contributed by atoms with van der Waals surface area (Å²) in [6.07, 6.45) is 0. The van der Waals surface area contributed by atoms with E-state index in [9.17, 15) is 0 Å². The van der Waals surface area contributed by atoms with Crippen LogP contribution in [-0.2, 0) is 10.8 Å². The quantitative estimate of drug-likeness (QED) is 0.360. The molecule has 0 spiro atoms. The molecule has 0 radical (unpaired) electrons. The van der Waals surface area contributed by atoms with Gasteiger partial charge in [0.25, 0.3) is 0 Å². The summed E-state index contributed by atoms with van der Waals surface area (Å²) in [6, 6.07) is 27.4. The third kappa shape index (κ3) is 2.93. The maximum Gasteiger partial charge on any atom is 0.0889 e. The van der Waals surface area contributed by atoms with Gasteiger partial charge in [0, 0.05) is 16.4 Å². The molecule has 5 rings (SSSR count). The Morgan fingerprint density at radius 2 is 0.967 bits per heavy atom. The van der Waals surface area contributed by atoms with E-state index < -0.39 is 0 Å². The molecule has 3 heteroatoms. The second kappa shape index (κ2) is 6.60. The first-order valence-corrected chi connectivity index (χ1v) is 10.4. The Kier molecular flexibility index (Phi) is 4.11. The van der Waals surface area contributed by atoms with Crippen LogP contribution < -0.4 is 0 Å². The minimum atomic E-state index is -0.329. The van der Waals surface area contributed by atoms with Gasteiger partial charge in [-0.1, -0.05) is 50.2 Å². The number of nitrogens with zero attached hydrogens (tertiary/aromatic N) is 3. The van der Waals surface area contributed by atoms with Gasteiger partial charge < -0.3 is 0 Å². The average Bonchev–Trinajstić information content (AvgIpc) is 2.79. The number of pyridine rings is 3. The minimum Gasteiger partial charge on any atom is -0.252 e. The molecule has 4 heterocycles. The summed E-state index contributed by atoms with van der Waals surface area (Å²) >= 11 is 0. The molecule has 0 aliphatic carbocycles. The highest BCUT2D eigenvalue weighted by molar-refractivity contribution is 5.62. The van der Waals surface area contributed by atoms with Crippen LogP contribution >= 0.6 is 0 Å². The Labute approximate surface area is 177 Å². The molecule has 0 atom stereocenters. The Bertz CT molecular complexity index is 1060. The fourth-order valence-electron chi connectivity index (χ4n) is 4.14. The second-order valence-corrected chi connectivity index (χ2v) is 9.06. The summed E-state index contributed by atoms with van der Waals surface area (Å²) < 4.78 is 0. The Balaban J connectivity index is 1.85. The highest BCUT2D eigenvalue weighted by Crippen LogP contribution is 2.36. The largest absolute Gasteiger partial charge is 0.252 e. The number of rotatable bonds is 0. The van der Waals surface area contributed by atoms with E-state index >= 15 is 0 Å². The lowest BCUT2D eigenvalue weighted by molar-refractivity contribution is 0.595. The molecule has 148 valence electrons. The van der Waals surface area contributed by atoms with E-state index in [4.69, 9.17) is 15.0 Å². The topological polar surface area (TPSA) is 38.7 Å². The summed E-state index contributed by atoms with van der Waals surface area (Å²) in [6.45, 7) is 8.81. The smallest absolute Gasteiger partial charge is 0.0889 e. The molecule has 0 saturated carbocycles. The maximum absolute atomic E-state index is 5.06. The zero-order valence-corrected chi connectivity index (χ0v) is 17.8. The van der Waals surface area contributed by atoms with Crippen molar-refractivity contribution in [3.05, 3.63) is 102 Å². The van der Waals surface area contributed by atoms with Crippen LogP contribution in [-0.4, -0.2) is 15.0 Å². The van der Waals surface area contributed by atoms with Crippen molar-refractivity contribution < 1.29 is 0 Å². The molecule has 30 heavy (non-hydrogen) atoms. The van der Waals surface area contributed by atoms with Crippen molar-refractivity contribution in [1.29, 1.82) is 0 Å². The lowest BCUT2D eigenvalue weighted by atomic mass is 9.80. The third-order valence-electron chi connectivity index (χ3n) is 6.31. The van der Waals surface area contributed by atoms with Gasteiger partial charge in [-0.05, 0) is 61.9 Å². The molecule has 0 fully saturated rings. The molecular formula is C27H25N3. The van der Waals surface area contributed by atoms with Gasteiger partial charge in [0.15, 0.2) is 0 Å². The van der Waals surface area contributed by atoms with Crippen LogP contribution in [0, 0.1) is 0 Å². The standard InChI is InChI=1S/C27H25N3/c1-26(2)19-10-5-9-18(17-19)20-11-6-15-24(28-20)27(3,4)25-16-8-13-22(30-25)21-12-7-14-23(26)29-21/h5-17H,1-4H3. The second-order valence-electron chi connectivity index (χ2n) is 9.06. The highest BCUT2D eigenvalue weighted by atomic mass is 14.8. The van der Waals surface area contributed by atoms with E-state index in [0.29, 0.717) is 0 Å². The van der Waals surface area contributed by atoms with Gasteiger partial charge in [-0.15, -0.1) is 0 Å². The predicted molar refractivity (Wildman–Crippen MR) is 121 cm³/mol. The van der Waals surface area contributed by atoms with E-state index in [1.54, 1.807) is 0 Å². The first kappa shape index (κ1) is 18.7. The number of aromatic nitrogens is 3. The van der Waals surface area contributed by atoms with Gasteiger partial charge in [-0.3, -0.25) is 15.0 Å². The van der Waals surface area contributed by atoms with Crippen molar-refractivity contribution in [2.24, 2.45) is 0 Å². The van der Waals surface area contributed by atoms with Crippen molar-refractivity contribution >= 4 is 0 Å². The molecule has 4 aromatic rings. The van der Waals surface area contributed by atoms with Crippen molar-refractivity contribution in [2.75, 3.05) is 0 Å². The molecule has 1 aliphatic rings. The van der Waals surface area contributed by atoms with E-state index in [2.05, 4.69) is 94.4 Å². The summed E-state index contributed by atoms with van der Waals surface area (Å²) in [5.74, 6) is 0. The van der Waals surface area contributed by atoms with Crippen LogP contribution in [0.4, 0.5) is 0 Å². The SMILES string of the molecule is CC1(C)c2cccc(c2)-c2cccc(n2)C(C)(C)c2cccc(n2)-c2cccc1n2. The van der Waals surface area contributed by atoms with Gasteiger partial charge in [-0.2, -0.15) is 0 Å². The van der Waals surface area contributed by atoms with Gasteiger partial charge >= 0.3 is 0 Å². The number of fused-ring (bicyclic) bond motifs is 10. The van der Waals surface area contributed by atoms with E-state index in [-0.39, 0.29) is 10.8 Å². The van der Waals surface area contributed by atoms with Gasteiger partial charge in [0.2, 0.25) is 0 Å². The first-order chi connectivity index (χ1) is 14.4. The minimum absolute atomic E-state index is 0.245. The van der Waals surface area contributed by atoms with Crippen LogP contribution in [0.25, 0.3) is 22.6 Å². The zero-order valence-electron chi connectivity index (χ0n) is 17.8. The zero-order chi connectivity index (χ0) is 20.9. The molecule has 1 aromatic carbocycles. The lowest BCUT2D eigenvalue weighted by Crippen LogP contribution is -2.23. The third-order valence-corrected chi connectivity index (χ3v) is 6.31. The Morgan fingerprint density at radius 1 is 0.500 bits per heavy atom. The fourth-order valence-corrected chi connectivity index (χ4v) is 4.14. The number of benzene rings is 1. The Morgan fingerprint density at radius 3 is 1.57 bits per heavy atom. The van der Waals surface area contributed by atoms with Crippen molar-refractivity contribution in [3.8, 4) is 22.6 Å². The Hall–Kier alpha value is -3.33. The van der Waals surface area contributed by atoms with Crippen LogP contribution in [0.1, 0.15) is 50.3 Å². The molecule has 1 aliphatic heterocycles. The van der Waals surface area contributed by atoms with E-state index in [1.807, 2.05) is 12.1 Å². The summed E-state index contributed by atoms with van der Waals surface area (Å²) in [4.78, 5) is 15.1. The lowest BCUT2D eigenvalue weighted by Gasteiger charge is -2.27. The molecule has 0 N–H and O–H groups in total. The van der Waals surface area contributed by atoms with Crippen LogP contribution in [0.15, 0.2) is 78.9 Å². The van der Waals surface area contributed by atoms with Crippen molar-refractivity contribution in [3.63, 3.8) is 0 Å². The van der Waals surface area contributed by atoms with E-state index in [1.165, 1.54) is 5.56 Å². The molecule has 0 amide bonds. The average molecular weight is 392 g/mol. The highest BCUT2D eigenvalue weighted by Gasteiger charge is 2.29. The van der Waals surface area contributed by atoms with Gasteiger partial charge in [-0.25, -0.2) is 0 Å². The summed E-state index contributed by atoms with van der Waals surface area (Å²) in [5.41, 5.74) is 7.55. The predicted octanol–water partition coefficient (Wildman–Crippen LogP) is 6.17. The fraction of sp³-hybridized carbons (Fsp3) is 0.222. The monoisotopic (exact) mass is 391 g/mol. The molecular weight excluding hydrogens is 366 g/mol. The van der Waals surface area contributed by atoms with Crippen molar-refractivity contribution in [1.82, 2.24) is 15.0 Å². The molecule has 3 aromatic heterocycles. The molecule has 3 nitrogen and oxygen atoms in total. The van der Waals surface area contributed by atoms with Crippen LogP contribution in [0.2, 0.25) is 0 Å². The van der Waals surface area contributed by atoms with Gasteiger partial charge in [0.1, 0.15) is 0 Å². The summed E-state index contributed by atoms with van der Waals surface area (Å²) in [7, 11) is 0.